The molecule has 0 aliphatic rings. The Hall–Kier alpha value is -1.18. The first-order valence-electron chi connectivity index (χ1n) is 7.63. The maximum absolute atomic E-state index is 11.5. The fourth-order valence-corrected chi connectivity index (χ4v) is 3.56. The second-order valence-corrected chi connectivity index (χ2v) is 13.6. The van der Waals surface area contributed by atoms with E-state index in [1.165, 1.54) is 0 Å². The summed E-state index contributed by atoms with van der Waals surface area (Å²) in [6.07, 6.45) is 0.868. The SMILES string of the molecule is CN(C)c1nc2cc(Br)cc(C=O)c2n1COCC[Si](C)(C)C. The van der Waals surface area contributed by atoms with Gasteiger partial charge in [-0.25, -0.2) is 4.98 Å². The monoisotopic (exact) mass is 397 g/mol. The lowest BCUT2D eigenvalue weighted by Crippen LogP contribution is -2.22. The third-order valence-corrected chi connectivity index (χ3v) is 5.72. The van der Waals surface area contributed by atoms with Crippen molar-refractivity contribution in [1.29, 1.82) is 0 Å². The van der Waals surface area contributed by atoms with Gasteiger partial charge in [0, 0.05) is 38.8 Å². The van der Waals surface area contributed by atoms with Gasteiger partial charge in [-0.15, -0.1) is 0 Å². The Morgan fingerprint density at radius 3 is 2.61 bits per heavy atom. The number of imidazole rings is 1. The van der Waals surface area contributed by atoms with Crippen LogP contribution in [0, 0.1) is 0 Å². The number of halogens is 1. The summed E-state index contributed by atoms with van der Waals surface area (Å²) in [5.41, 5.74) is 2.22. The molecule has 1 heterocycles. The van der Waals surface area contributed by atoms with Crippen LogP contribution in [-0.2, 0) is 11.5 Å². The maximum atomic E-state index is 11.5. The summed E-state index contributed by atoms with van der Waals surface area (Å²) in [5.74, 6) is 0.786. The second kappa shape index (κ2) is 7.15. The molecule has 0 amide bonds. The van der Waals surface area contributed by atoms with Crippen molar-refractivity contribution < 1.29 is 9.53 Å². The highest BCUT2D eigenvalue weighted by Crippen LogP contribution is 2.27. The van der Waals surface area contributed by atoms with E-state index in [-0.39, 0.29) is 0 Å². The lowest BCUT2D eigenvalue weighted by Gasteiger charge is -2.18. The van der Waals surface area contributed by atoms with E-state index in [4.69, 9.17) is 4.74 Å². The average molecular weight is 398 g/mol. The highest BCUT2D eigenvalue weighted by Gasteiger charge is 2.17. The van der Waals surface area contributed by atoms with Crippen LogP contribution in [0.3, 0.4) is 0 Å². The number of aromatic nitrogens is 2. The van der Waals surface area contributed by atoms with Gasteiger partial charge in [0.2, 0.25) is 5.95 Å². The number of hydrogen-bond acceptors (Lipinski definition) is 4. The van der Waals surface area contributed by atoms with Crippen LogP contribution in [-0.4, -0.2) is 44.6 Å². The van der Waals surface area contributed by atoms with E-state index >= 15 is 0 Å². The first kappa shape index (κ1) is 18.2. The quantitative estimate of drug-likeness (QED) is 0.402. The number of carbonyl (C=O) groups excluding carboxylic acids is 1. The molecule has 7 heteroatoms. The Morgan fingerprint density at radius 1 is 1.35 bits per heavy atom. The first-order valence-corrected chi connectivity index (χ1v) is 12.1. The van der Waals surface area contributed by atoms with Crippen LogP contribution in [0.5, 0.6) is 0 Å². The highest BCUT2D eigenvalue weighted by molar-refractivity contribution is 9.10. The van der Waals surface area contributed by atoms with Crippen molar-refractivity contribution >= 4 is 47.3 Å². The van der Waals surface area contributed by atoms with Gasteiger partial charge in [-0.3, -0.25) is 9.36 Å². The predicted molar refractivity (Wildman–Crippen MR) is 101 cm³/mol. The van der Waals surface area contributed by atoms with E-state index < -0.39 is 8.07 Å². The molecule has 0 radical (unpaired) electrons. The summed E-state index contributed by atoms with van der Waals surface area (Å²) >= 11 is 3.43. The number of rotatable bonds is 7. The average Bonchev–Trinajstić information content (AvgIpc) is 2.80. The minimum atomic E-state index is -1.12. The fraction of sp³-hybridized carbons (Fsp3) is 0.500. The molecule has 0 saturated heterocycles. The molecule has 2 rings (SSSR count). The van der Waals surface area contributed by atoms with Gasteiger partial charge in [-0.05, 0) is 18.2 Å². The van der Waals surface area contributed by atoms with Crippen LogP contribution in [0.4, 0.5) is 5.95 Å². The van der Waals surface area contributed by atoms with Crippen molar-refractivity contribution in [2.45, 2.75) is 32.4 Å². The van der Waals surface area contributed by atoms with Crippen molar-refractivity contribution in [3.8, 4) is 0 Å². The molecule has 5 nitrogen and oxygen atoms in total. The van der Waals surface area contributed by atoms with Gasteiger partial charge < -0.3 is 9.64 Å². The van der Waals surface area contributed by atoms with Crippen molar-refractivity contribution in [2.75, 3.05) is 25.6 Å². The van der Waals surface area contributed by atoms with Crippen LogP contribution < -0.4 is 4.90 Å². The second-order valence-electron chi connectivity index (χ2n) is 7.06. The van der Waals surface area contributed by atoms with Gasteiger partial charge in [0.05, 0.1) is 11.0 Å². The Labute approximate surface area is 146 Å². The molecule has 1 aromatic heterocycles. The van der Waals surface area contributed by atoms with Gasteiger partial charge >= 0.3 is 0 Å². The van der Waals surface area contributed by atoms with Crippen molar-refractivity contribution in [3.05, 3.63) is 22.2 Å². The number of ether oxygens (including phenoxy) is 1. The molecular weight excluding hydrogens is 374 g/mol. The highest BCUT2D eigenvalue weighted by atomic mass is 79.9. The summed E-state index contributed by atoms with van der Waals surface area (Å²) in [6.45, 7) is 8.12. The maximum Gasteiger partial charge on any atom is 0.207 e. The third-order valence-electron chi connectivity index (χ3n) is 3.56. The molecule has 0 aliphatic heterocycles. The number of nitrogens with zero attached hydrogens (tertiary/aromatic N) is 3. The van der Waals surface area contributed by atoms with Crippen molar-refractivity contribution in [3.63, 3.8) is 0 Å². The van der Waals surface area contributed by atoms with Crippen LogP contribution >= 0.6 is 15.9 Å². The Morgan fingerprint density at radius 2 is 2.04 bits per heavy atom. The molecule has 2 aromatic rings. The summed E-state index contributed by atoms with van der Waals surface area (Å²) < 4.78 is 8.70. The molecule has 0 fully saturated rings. The minimum absolute atomic E-state index is 0.400. The summed E-state index contributed by atoms with van der Waals surface area (Å²) in [6, 6.07) is 4.85. The molecule has 23 heavy (non-hydrogen) atoms. The summed E-state index contributed by atoms with van der Waals surface area (Å²) in [5, 5.41) is 0. The molecule has 0 spiro atoms. The molecule has 1 aromatic carbocycles. The lowest BCUT2D eigenvalue weighted by atomic mass is 10.2. The predicted octanol–water partition coefficient (Wildman–Crippen LogP) is 3.99. The van der Waals surface area contributed by atoms with Gasteiger partial charge in [0.25, 0.3) is 0 Å². The van der Waals surface area contributed by atoms with E-state index in [9.17, 15) is 4.79 Å². The van der Waals surface area contributed by atoms with Crippen LogP contribution in [0.25, 0.3) is 11.0 Å². The molecule has 0 bridgehead atoms. The molecule has 0 saturated carbocycles. The Kier molecular flexibility index (Phi) is 5.64. The molecule has 0 aliphatic carbocycles. The normalized spacial score (nSPS) is 11.9. The zero-order chi connectivity index (χ0) is 17.2. The molecule has 0 N–H and O–H groups in total. The van der Waals surface area contributed by atoms with E-state index in [1.807, 2.05) is 35.7 Å². The van der Waals surface area contributed by atoms with Gasteiger partial charge in [-0.2, -0.15) is 0 Å². The van der Waals surface area contributed by atoms with E-state index in [1.54, 1.807) is 0 Å². The molecule has 0 atom stereocenters. The number of benzene rings is 1. The molecule has 126 valence electrons. The van der Waals surface area contributed by atoms with Crippen LogP contribution in [0.2, 0.25) is 25.7 Å². The topological polar surface area (TPSA) is 47.4 Å². The lowest BCUT2D eigenvalue weighted by molar-refractivity contribution is 0.0906. The van der Waals surface area contributed by atoms with Crippen molar-refractivity contribution in [2.24, 2.45) is 0 Å². The van der Waals surface area contributed by atoms with Gasteiger partial charge in [-0.1, -0.05) is 35.6 Å². The van der Waals surface area contributed by atoms with Gasteiger partial charge in [0.15, 0.2) is 6.29 Å². The first-order chi connectivity index (χ1) is 10.7. The number of aldehydes is 1. The largest absolute Gasteiger partial charge is 0.361 e. The summed E-state index contributed by atoms with van der Waals surface area (Å²) in [7, 11) is 2.76. The Bertz CT molecular complexity index is 707. The van der Waals surface area contributed by atoms with Crippen LogP contribution in [0.15, 0.2) is 16.6 Å². The van der Waals surface area contributed by atoms with Crippen molar-refractivity contribution in [1.82, 2.24) is 9.55 Å². The number of hydrogen-bond donors (Lipinski definition) is 0. The molecular formula is C16H24BrN3O2Si. The van der Waals surface area contributed by atoms with E-state index in [0.29, 0.717) is 12.3 Å². The van der Waals surface area contributed by atoms with E-state index in [0.717, 1.165) is 40.4 Å². The summed E-state index contributed by atoms with van der Waals surface area (Å²) in [4.78, 5) is 18.0. The number of fused-ring (bicyclic) bond motifs is 1. The standard InChI is InChI=1S/C16H24BrN3O2Si/c1-19(2)16-18-14-9-13(17)8-12(10-21)15(14)20(16)11-22-6-7-23(3,4)5/h8-10H,6-7,11H2,1-5H3. The number of anilines is 1. The van der Waals surface area contributed by atoms with Gasteiger partial charge in [0.1, 0.15) is 6.73 Å². The number of carbonyl (C=O) groups is 1. The zero-order valence-corrected chi connectivity index (χ0v) is 17.0. The zero-order valence-electron chi connectivity index (χ0n) is 14.4. The van der Waals surface area contributed by atoms with E-state index in [2.05, 4.69) is 40.6 Å². The fourth-order valence-electron chi connectivity index (χ4n) is 2.34. The minimum Gasteiger partial charge on any atom is -0.361 e. The van der Waals surface area contributed by atoms with Crippen LogP contribution in [0.1, 0.15) is 10.4 Å². The Balaban J connectivity index is 2.35. The molecule has 0 unspecified atom stereocenters. The third kappa shape index (κ3) is 4.42. The smallest absolute Gasteiger partial charge is 0.207 e.